The summed E-state index contributed by atoms with van der Waals surface area (Å²) < 4.78 is 0. The van der Waals surface area contributed by atoms with Gasteiger partial charge in [0, 0.05) is 62.4 Å². The molecule has 200 valence electrons. The van der Waals surface area contributed by atoms with Crippen LogP contribution in [0.3, 0.4) is 0 Å². The zero-order chi connectivity index (χ0) is 27.0. The molecule has 11 heteroatoms. The van der Waals surface area contributed by atoms with Crippen LogP contribution in [-0.4, -0.2) is 71.8 Å². The van der Waals surface area contributed by atoms with E-state index >= 15 is 0 Å². The number of hydrogen-bond acceptors (Lipinski definition) is 8. The van der Waals surface area contributed by atoms with Crippen molar-refractivity contribution < 1.29 is 9.90 Å². The number of carbonyl (C=O) groups is 1. The lowest BCUT2D eigenvalue weighted by Crippen LogP contribution is -2.49. The number of hydrogen-bond donors (Lipinski definition) is 2. The number of nitrogens with zero attached hydrogens (tertiary/aromatic N) is 6. The number of benzene rings is 2. The first kappa shape index (κ1) is 26.5. The Bertz CT molecular complexity index is 1320. The van der Waals surface area contributed by atoms with Gasteiger partial charge in [0.2, 0.25) is 5.95 Å². The van der Waals surface area contributed by atoms with Gasteiger partial charge in [0.15, 0.2) is 0 Å². The van der Waals surface area contributed by atoms with E-state index in [1.165, 1.54) is 11.1 Å². The second-order valence-corrected chi connectivity index (χ2v) is 10.6. The molecule has 2 N–H and O–H groups in total. The van der Waals surface area contributed by atoms with Gasteiger partial charge in [-0.3, -0.25) is 14.6 Å². The summed E-state index contributed by atoms with van der Waals surface area (Å²) in [4.78, 5) is 30.5. The predicted octanol–water partition coefficient (Wildman–Crippen LogP) is 4.60. The first-order valence-electron chi connectivity index (χ1n) is 12.6. The number of nitrogens with one attached hydrogen (secondary N) is 1. The number of amides is 1. The zero-order valence-corrected chi connectivity index (χ0v) is 23.2. The van der Waals surface area contributed by atoms with Crippen molar-refractivity contribution in [1.82, 2.24) is 14.9 Å². The number of carbonyl (C=O) groups excluding carboxylic acids is 1. The summed E-state index contributed by atoms with van der Waals surface area (Å²) >= 11 is 12.7. The van der Waals surface area contributed by atoms with Crippen LogP contribution in [0, 0.1) is 0 Å². The molecule has 0 unspecified atom stereocenters. The summed E-state index contributed by atoms with van der Waals surface area (Å²) in [6.45, 7) is 8.44. The third-order valence-electron chi connectivity index (χ3n) is 7.06. The third-order valence-corrected chi connectivity index (χ3v) is 7.67. The van der Waals surface area contributed by atoms with Gasteiger partial charge in [0.05, 0.1) is 29.0 Å². The lowest BCUT2D eigenvalue weighted by atomic mass is 10.1. The van der Waals surface area contributed by atoms with E-state index in [1.807, 2.05) is 30.1 Å². The van der Waals surface area contributed by atoms with E-state index in [0.717, 1.165) is 43.1 Å². The fourth-order valence-corrected chi connectivity index (χ4v) is 5.59. The van der Waals surface area contributed by atoms with Crippen molar-refractivity contribution >= 4 is 57.9 Å². The minimum absolute atomic E-state index is 0.0715. The van der Waals surface area contributed by atoms with Gasteiger partial charge in [0.25, 0.3) is 5.91 Å². The van der Waals surface area contributed by atoms with Crippen molar-refractivity contribution in [3.05, 3.63) is 63.8 Å². The summed E-state index contributed by atoms with van der Waals surface area (Å²) in [5, 5.41) is 14.1. The first-order valence-corrected chi connectivity index (χ1v) is 13.4. The van der Waals surface area contributed by atoms with Crippen molar-refractivity contribution in [2.24, 2.45) is 0 Å². The molecule has 2 aromatic carbocycles. The molecule has 0 radical (unpaired) electrons. The standard InChI is InChI=1S/C27H31Cl2N7O2/c1-17(2)34-9-11-35(12-10-34)23-8-7-19(13-18(23)15-37)31-27-30-14-20-25(32-27)33(3)16-36(26(20)38)24-21(28)5-4-6-22(24)29/h4-8,13-14,17,37H,9-12,15-16H2,1-3H3,(H,30,31,32). The summed E-state index contributed by atoms with van der Waals surface area (Å²) in [6.07, 6.45) is 1.51. The molecule has 2 aliphatic heterocycles. The Morgan fingerprint density at radius 3 is 2.45 bits per heavy atom. The Hall–Kier alpha value is -3.11. The van der Waals surface area contributed by atoms with Gasteiger partial charge in [-0.25, -0.2) is 4.98 Å². The SMILES string of the molecule is CC(C)N1CCN(c2ccc(Nc3ncc4c(n3)N(C)CN(c3c(Cl)cccc3Cl)C4=O)cc2CO)CC1. The van der Waals surface area contributed by atoms with Crippen molar-refractivity contribution in [2.75, 3.05) is 59.9 Å². The molecule has 1 fully saturated rings. The zero-order valence-electron chi connectivity index (χ0n) is 21.7. The van der Waals surface area contributed by atoms with Crippen LogP contribution in [0.5, 0.6) is 0 Å². The number of halogens is 2. The van der Waals surface area contributed by atoms with E-state index in [0.29, 0.717) is 39.1 Å². The van der Waals surface area contributed by atoms with E-state index in [2.05, 4.69) is 38.9 Å². The quantitative estimate of drug-likeness (QED) is 0.456. The maximum Gasteiger partial charge on any atom is 0.265 e. The maximum atomic E-state index is 13.3. The monoisotopic (exact) mass is 555 g/mol. The fraction of sp³-hybridized carbons (Fsp3) is 0.370. The normalized spacial score (nSPS) is 16.3. The lowest BCUT2D eigenvalue weighted by Gasteiger charge is -2.38. The highest BCUT2D eigenvalue weighted by molar-refractivity contribution is 6.40. The molecule has 3 heterocycles. The molecule has 5 rings (SSSR count). The van der Waals surface area contributed by atoms with Crippen LogP contribution in [-0.2, 0) is 6.61 Å². The Balaban J connectivity index is 1.35. The summed E-state index contributed by atoms with van der Waals surface area (Å²) in [5.74, 6) is 0.591. The van der Waals surface area contributed by atoms with Crippen LogP contribution in [0.4, 0.5) is 28.8 Å². The van der Waals surface area contributed by atoms with Crippen molar-refractivity contribution in [1.29, 1.82) is 0 Å². The van der Waals surface area contributed by atoms with E-state index in [-0.39, 0.29) is 19.2 Å². The highest BCUT2D eigenvalue weighted by atomic mass is 35.5. The van der Waals surface area contributed by atoms with Gasteiger partial charge in [-0.05, 0) is 44.2 Å². The summed E-state index contributed by atoms with van der Waals surface area (Å²) in [7, 11) is 1.84. The van der Waals surface area contributed by atoms with Crippen LogP contribution in [0.1, 0.15) is 29.8 Å². The second-order valence-electron chi connectivity index (χ2n) is 9.82. The van der Waals surface area contributed by atoms with Crippen LogP contribution in [0.2, 0.25) is 10.0 Å². The number of aliphatic hydroxyl groups is 1. The highest BCUT2D eigenvalue weighted by Crippen LogP contribution is 2.37. The molecule has 0 atom stereocenters. The molecule has 0 saturated carbocycles. The third kappa shape index (κ3) is 5.11. The molecule has 9 nitrogen and oxygen atoms in total. The van der Waals surface area contributed by atoms with Crippen LogP contribution < -0.4 is 20.0 Å². The van der Waals surface area contributed by atoms with E-state index in [4.69, 9.17) is 23.2 Å². The average Bonchev–Trinajstić information content (AvgIpc) is 2.91. The molecular formula is C27H31Cl2N7O2. The number of aromatic nitrogens is 2. The molecule has 3 aromatic rings. The van der Waals surface area contributed by atoms with Crippen molar-refractivity contribution in [3.8, 4) is 0 Å². The Kier molecular flexibility index (Phi) is 7.63. The molecular weight excluding hydrogens is 525 g/mol. The van der Waals surface area contributed by atoms with Gasteiger partial charge in [-0.2, -0.15) is 4.98 Å². The second kappa shape index (κ2) is 10.9. The Morgan fingerprint density at radius 2 is 1.79 bits per heavy atom. The first-order chi connectivity index (χ1) is 18.3. The molecule has 2 aliphatic rings. The molecule has 38 heavy (non-hydrogen) atoms. The van der Waals surface area contributed by atoms with Crippen LogP contribution in [0.25, 0.3) is 0 Å². The van der Waals surface area contributed by atoms with Gasteiger partial charge in [0.1, 0.15) is 11.4 Å². The lowest BCUT2D eigenvalue weighted by molar-refractivity contribution is 0.0982. The number of rotatable bonds is 6. The van der Waals surface area contributed by atoms with Crippen LogP contribution in [0.15, 0.2) is 42.6 Å². The highest BCUT2D eigenvalue weighted by Gasteiger charge is 2.32. The van der Waals surface area contributed by atoms with Gasteiger partial charge in [-0.1, -0.05) is 29.3 Å². The molecule has 0 aliphatic carbocycles. The fourth-order valence-electron chi connectivity index (χ4n) is 4.99. The maximum absolute atomic E-state index is 13.3. The van der Waals surface area contributed by atoms with Crippen molar-refractivity contribution in [3.63, 3.8) is 0 Å². The number of anilines is 5. The van der Waals surface area contributed by atoms with Gasteiger partial charge >= 0.3 is 0 Å². The van der Waals surface area contributed by atoms with Gasteiger partial charge in [-0.15, -0.1) is 0 Å². The minimum Gasteiger partial charge on any atom is -0.392 e. The number of aliphatic hydroxyl groups excluding tert-OH is 1. The van der Waals surface area contributed by atoms with E-state index < -0.39 is 0 Å². The van der Waals surface area contributed by atoms with E-state index in [9.17, 15) is 9.90 Å². The summed E-state index contributed by atoms with van der Waals surface area (Å²) in [6, 6.07) is 11.6. The molecule has 1 amide bonds. The predicted molar refractivity (Wildman–Crippen MR) is 153 cm³/mol. The summed E-state index contributed by atoms with van der Waals surface area (Å²) in [5.41, 5.74) is 3.45. The van der Waals surface area contributed by atoms with E-state index in [1.54, 1.807) is 18.2 Å². The smallest absolute Gasteiger partial charge is 0.265 e. The van der Waals surface area contributed by atoms with Crippen molar-refractivity contribution in [2.45, 2.75) is 26.5 Å². The molecule has 1 saturated heterocycles. The number of piperazine rings is 1. The number of para-hydroxylation sites is 1. The Morgan fingerprint density at radius 1 is 1.08 bits per heavy atom. The molecule has 0 spiro atoms. The number of fused-ring (bicyclic) bond motifs is 1. The largest absolute Gasteiger partial charge is 0.392 e. The average molecular weight is 556 g/mol. The molecule has 0 bridgehead atoms. The molecule has 1 aromatic heterocycles. The Labute approximate surface area is 232 Å². The topological polar surface area (TPSA) is 88.1 Å². The minimum atomic E-state index is -0.274. The van der Waals surface area contributed by atoms with Gasteiger partial charge < -0.3 is 20.2 Å². The van der Waals surface area contributed by atoms with Crippen LogP contribution >= 0.6 is 23.2 Å².